The number of anilines is 1. The molecule has 0 aromatic carbocycles. The van der Waals surface area contributed by atoms with Gasteiger partial charge >= 0.3 is 0 Å². The van der Waals surface area contributed by atoms with E-state index in [4.69, 9.17) is 6.42 Å². The number of nitrogens with zero attached hydrogens (tertiary/aromatic N) is 2. The summed E-state index contributed by atoms with van der Waals surface area (Å²) >= 11 is 3.18. The van der Waals surface area contributed by atoms with Crippen molar-refractivity contribution in [2.45, 2.75) is 19.8 Å². The first kappa shape index (κ1) is 12.3. The number of terminal acetylenes is 1. The lowest BCUT2D eigenvalue weighted by Gasteiger charge is -1.99. The average Bonchev–Trinajstić information content (AvgIpc) is 2.66. The molecule has 0 saturated heterocycles. The number of rotatable bonds is 7. The molecule has 0 atom stereocenters. The summed E-state index contributed by atoms with van der Waals surface area (Å²) < 4.78 is 4.25. The van der Waals surface area contributed by atoms with E-state index in [9.17, 15) is 0 Å². The van der Waals surface area contributed by atoms with Crippen LogP contribution >= 0.6 is 23.3 Å². The second kappa shape index (κ2) is 7.55. The van der Waals surface area contributed by atoms with Gasteiger partial charge in [0.05, 0.1) is 5.75 Å². The zero-order valence-corrected chi connectivity index (χ0v) is 10.5. The van der Waals surface area contributed by atoms with Crippen molar-refractivity contribution < 1.29 is 0 Å². The van der Waals surface area contributed by atoms with E-state index in [1.54, 1.807) is 11.8 Å². The highest BCUT2D eigenvalue weighted by molar-refractivity contribution is 7.99. The van der Waals surface area contributed by atoms with Gasteiger partial charge in [0.25, 0.3) is 0 Å². The monoisotopic (exact) mass is 241 g/mol. The van der Waals surface area contributed by atoms with Gasteiger partial charge in [-0.25, -0.2) is 4.98 Å². The predicted octanol–water partition coefficient (Wildman–Crippen LogP) is 2.27. The minimum Gasteiger partial charge on any atom is -0.359 e. The minimum absolute atomic E-state index is 0.777. The molecule has 0 fully saturated rings. The summed E-state index contributed by atoms with van der Waals surface area (Å²) in [5.41, 5.74) is 0. The maximum atomic E-state index is 5.15. The first-order chi connectivity index (χ1) is 7.36. The molecule has 0 bridgehead atoms. The molecule has 82 valence electrons. The topological polar surface area (TPSA) is 37.8 Å². The van der Waals surface area contributed by atoms with Gasteiger partial charge in [-0.05, 0) is 6.42 Å². The molecule has 15 heavy (non-hydrogen) atoms. The van der Waals surface area contributed by atoms with Crippen molar-refractivity contribution in [2.24, 2.45) is 0 Å². The Balaban J connectivity index is 2.17. The maximum Gasteiger partial charge on any atom is 0.202 e. The van der Waals surface area contributed by atoms with Crippen LogP contribution in [0.3, 0.4) is 0 Å². The van der Waals surface area contributed by atoms with Gasteiger partial charge in [-0.15, -0.1) is 18.2 Å². The third-order valence-electron chi connectivity index (χ3n) is 1.65. The molecule has 1 N–H and O–H groups in total. The molecular weight excluding hydrogens is 226 g/mol. The van der Waals surface area contributed by atoms with E-state index >= 15 is 0 Å². The molecule has 0 aliphatic heterocycles. The van der Waals surface area contributed by atoms with Gasteiger partial charge < -0.3 is 5.32 Å². The highest BCUT2D eigenvalue weighted by Crippen LogP contribution is 2.12. The van der Waals surface area contributed by atoms with E-state index in [0.29, 0.717) is 0 Å². The van der Waals surface area contributed by atoms with Gasteiger partial charge in [0.2, 0.25) is 5.13 Å². The summed E-state index contributed by atoms with van der Waals surface area (Å²) in [5, 5.41) is 4.15. The quantitative estimate of drug-likeness (QED) is 0.587. The Morgan fingerprint density at radius 1 is 1.60 bits per heavy atom. The van der Waals surface area contributed by atoms with E-state index in [-0.39, 0.29) is 0 Å². The van der Waals surface area contributed by atoms with E-state index in [2.05, 4.69) is 27.5 Å². The molecule has 0 spiro atoms. The smallest absolute Gasteiger partial charge is 0.202 e. The number of nitrogens with one attached hydrogen (secondary N) is 1. The third-order valence-corrected chi connectivity index (χ3v) is 3.22. The molecule has 0 aliphatic carbocycles. The number of aromatic nitrogens is 2. The third kappa shape index (κ3) is 5.05. The summed E-state index contributed by atoms with van der Waals surface area (Å²) in [4.78, 5) is 4.36. The van der Waals surface area contributed by atoms with Crippen molar-refractivity contribution in [1.29, 1.82) is 0 Å². The Morgan fingerprint density at radius 3 is 3.20 bits per heavy atom. The Hall–Kier alpha value is -0.730. The van der Waals surface area contributed by atoms with Crippen LogP contribution in [0.2, 0.25) is 0 Å². The van der Waals surface area contributed by atoms with E-state index in [1.165, 1.54) is 11.5 Å². The number of hydrogen-bond donors (Lipinski definition) is 1. The molecule has 0 aliphatic rings. The molecule has 0 unspecified atom stereocenters. The Labute approximate surface area is 99.2 Å². The van der Waals surface area contributed by atoms with Crippen LogP contribution in [0.5, 0.6) is 0 Å². The van der Waals surface area contributed by atoms with Crippen LogP contribution in [-0.4, -0.2) is 27.4 Å². The Bertz CT molecular complexity index is 317. The molecule has 1 rings (SSSR count). The number of hydrogen-bond acceptors (Lipinski definition) is 5. The van der Waals surface area contributed by atoms with Crippen LogP contribution in [0.1, 0.15) is 19.2 Å². The van der Waals surface area contributed by atoms with Gasteiger partial charge in [-0.1, -0.05) is 12.8 Å². The second-order valence-corrected chi connectivity index (χ2v) is 4.81. The van der Waals surface area contributed by atoms with Crippen molar-refractivity contribution in [2.75, 3.05) is 23.4 Å². The van der Waals surface area contributed by atoms with Crippen LogP contribution in [0.25, 0.3) is 0 Å². The highest BCUT2D eigenvalue weighted by atomic mass is 32.2. The lowest BCUT2D eigenvalue weighted by molar-refractivity contribution is 0.861. The Kier molecular flexibility index (Phi) is 6.21. The van der Waals surface area contributed by atoms with Crippen molar-refractivity contribution in [3.63, 3.8) is 0 Å². The normalized spacial score (nSPS) is 9.87. The van der Waals surface area contributed by atoms with Crippen LogP contribution < -0.4 is 5.32 Å². The van der Waals surface area contributed by atoms with E-state index < -0.39 is 0 Å². The molecule has 0 saturated carbocycles. The van der Waals surface area contributed by atoms with Gasteiger partial charge in [0, 0.05) is 30.3 Å². The first-order valence-corrected chi connectivity index (χ1v) is 6.87. The summed E-state index contributed by atoms with van der Waals surface area (Å²) in [7, 11) is 0. The van der Waals surface area contributed by atoms with Crippen molar-refractivity contribution in [3.05, 3.63) is 5.82 Å². The van der Waals surface area contributed by atoms with E-state index in [1.807, 2.05) is 0 Å². The SMILES string of the molecule is C#CCSCCNc1nc(CCC)ns1. The molecular formula is C10H15N3S2. The van der Waals surface area contributed by atoms with Crippen LogP contribution in [-0.2, 0) is 6.42 Å². The summed E-state index contributed by atoms with van der Waals surface area (Å²) in [5.74, 6) is 5.33. The molecule has 0 amide bonds. The maximum absolute atomic E-state index is 5.15. The summed E-state index contributed by atoms with van der Waals surface area (Å²) in [6, 6.07) is 0. The highest BCUT2D eigenvalue weighted by Gasteiger charge is 2.01. The zero-order chi connectivity index (χ0) is 10.9. The fraction of sp³-hybridized carbons (Fsp3) is 0.600. The molecule has 1 aromatic rings. The fourth-order valence-corrected chi connectivity index (χ4v) is 2.16. The molecule has 3 nitrogen and oxygen atoms in total. The summed E-state index contributed by atoms with van der Waals surface area (Å²) in [6.45, 7) is 3.03. The molecule has 1 heterocycles. The van der Waals surface area contributed by atoms with Crippen LogP contribution in [0.15, 0.2) is 0 Å². The van der Waals surface area contributed by atoms with Gasteiger partial charge in [0.15, 0.2) is 0 Å². The number of aryl methyl sites for hydroxylation is 1. The molecule has 1 aromatic heterocycles. The van der Waals surface area contributed by atoms with Crippen molar-refractivity contribution >= 4 is 28.4 Å². The molecule has 5 heteroatoms. The lowest BCUT2D eigenvalue weighted by atomic mass is 10.3. The standard InChI is InChI=1S/C10H15N3S2/c1-3-5-9-12-10(15-13-9)11-6-8-14-7-4-2/h2H,3,5-8H2,1H3,(H,11,12,13). The van der Waals surface area contributed by atoms with Crippen LogP contribution in [0, 0.1) is 12.3 Å². The predicted molar refractivity (Wildman–Crippen MR) is 68.6 cm³/mol. The van der Waals surface area contributed by atoms with Gasteiger partial charge in [-0.3, -0.25) is 0 Å². The fourth-order valence-electron chi connectivity index (χ4n) is 1.01. The largest absolute Gasteiger partial charge is 0.359 e. The van der Waals surface area contributed by atoms with Gasteiger partial charge in [-0.2, -0.15) is 4.37 Å². The Morgan fingerprint density at radius 2 is 2.47 bits per heavy atom. The van der Waals surface area contributed by atoms with Crippen LogP contribution in [0.4, 0.5) is 5.13 Å². The zero-order valence-electron chi connectivity index (χ0n) is 8.82. The van der Waals surface area contributed by atoms with Gasteiger partial charge in [0.1, 0.15) is 5.82 Å². The van der Waals surface area contributed by atoms with E-state index in [0.717, 1.165) is 41.8 Å². The minimum atomic E-state index is 0.777. The second-order valence-electron chi connectivity index (χ2n) is 2.95. The summed E-state index contributed by atoms with van der Waals surface area (Å²) in [6.07, 6.45) is 7.20. The first-order valence-electron chi connectivity index (χ1n) is 4.94. The molecule has 0 radical (unpaired) electrons. The van der Waals surface area contributed by atoms with Crippen molar-refractivity contribution in [1.82, 2.24) is 9.36 Å². The number of thioether (sulfide) groups is 1. The lowest BCUT2D eigenvalue weighted by Crippen LogP contribution is -2.04. The average molecular weight is 241 g/mol. The van der Waals surface area contributed by atoms with Crippen molar-refractivity contribution in [3.8, 4) is 12.3 Å².